The summed E-state index contributed by atoms with van der Waals surface area (Å²) in [5.41, 5.74) is 0. The highest BCUT2D eigenvalue weighted by Gasteiger charge is 2.30. The second-order valence-corrected chi connectivity index (χ2v) is 15.5. The van der Waals surface area contributed by atoms with Crippen LogP contribution in [0, 0.1) is 0 Å². The first-order valence-corrected chi connectivity index (χ1v) is 21.5. The van der Waals surface area contributed by atoms with Gasteiger partial charge in [0.15, 0.2) is 0 Å². The third kappa shape index (κ3) is 30.8. The van der Waals surface area contributed by atoms with Gasteiger partial charge in [-0.05, 0) is 26.7 Å². The van der Waals surface area contributed by atoms with E-state index in [4.69, 9.17) is 14.2 Å². The summed E-state index contributed by atoms with van der Waals surface area (Å²) >= 11 is 0. The zero-order valence-electron chi connectivity index (χ0n) is 31.3. The predicted octanol–water partition coefficient (Wildman–Crippen LogP) is 11.7. The number of carboxylic acid groups (broad SMARTS) is 1. The van der Waals surface area contributed by atoms with Gasteiger partial charge < -0.3 is 10.4 Å². The zero-order chi connectivity index (χ0) is 34.9. The van der Waals surface area contributed by atoms with Crippen molar-refractivity contribution < 1.29 is 28.3 Å². The summed E-state index contributed by atoms with van der Waals surface area (Å²) in [7, 11) is -3.73. The van der Waals surface area contributed by atoms with E-state index in [1.54, 1.807) is 6.92 Å². The normalized spacial score (nSPS) is 13.1. The van der Waals surface area contributed by atoms with E-state index < -0.39 is 31.7 Å². The fourth-order valence-electron chi connectivity index (χ4n) is 5.77. The molecule has 2 atom stereocenters. The number of unbranched alkanes of at least 4 members (excludes halogenated alkanes) is 26. The van der Waals surface area contributed by atoms with Crippen molar-refractivity contribution in [2.24, 2.45) is 0 Å². The molecule has 0 rings (SSSR count). The molecule has 0 aromatic carbocycles. The van der Waals surface area contributed by atoms with Gasteiger partial charge in [0, 0.05) is 0 Å². The maximum Gasteiger partial charge on any atom is 0.406 e. The van der Waals surface area contributed by atoms with Crippen LogP contribution >= 0.6 is 7.75 Å². The van der Waals surface area contributed by atoms with Gasteiger partial charge in [0.05, 0.1) is 19.3 Å². The van der Waals surface area contributed by atoms with E-state index in [1.165, 1.54) is 148 Å². The Hall–Kier alpha value is -0.950. The molecular formula is C38H77N2O6P. The van der Waals surface area contributed by atoms with Crippen LogP contribution in [0.25, 0.3) is 0 Å². The van der Waals surface area contributed by atoms with E-state index in [9.17, 15) is 14.2 Å². The second-order valence-electron chi connectivity index (χ2n) is 13.8. The molecule has 0 fully saturated rings. The highest BCUT2D eigenvalue weighted by atomic mass is 31.2. The fraction of sp³-hybridized carbons (Fsp3) is 0.947. The Morgan fingerprint density at radius 1 is 0.511 bits per heavy atom. The molecule has 8 nitrogen and oxygen atoms in total. The van der Waals surface area contributed by atoms with Crippen LogP contribution in [0.5, 0.6) is 0 Å². The summed E-state index contributed by atoms with van der Waals surface area (Å²) in [5, 5.41) is 14.3. The molecule has 0 aliphatic heterocycles. The minimum atomic E-state index is -3.73. The van der Waals surface area contributed by atoms with Gasteiger partial charge in [-0.3, -0.25) is 18.6 Å². The molecule has 0 aromatic rings. The van der Waals surface area contributed by atoms with Crippen molar-refractivity contribution in [2.45, 2.75) is 220 Å². The lowest BCUT2D eigenvalue weighted by Gasteiger charge is -2.23. The predicted molar refractivity (Wildman–Crippen MR) is 198 cm³/mol. The minimum Gasteiger partial charge on any atom is -0.480 e. The molecule has 0 radical (unpaired) electrons. The highest BCUT2D eigenvalue weighted by Crippen LogP contribution is 2.44. The highest BCUT2D eigenvalue weighted by molar-refractivity contribution is 7.51. The number of carboxylic acids is 1. The molecule has 0 aliphatic carbocycles. The quantitative estimate of drug-likeness (QED) is 0.0439. The average molecular weight is 689 g/mol. The number of hydrogen-bond donors (Lipinski definition) is 3. The Morgan fingerprint density at radius 2 is 0.787 bits per heavy atom. The largest absolute Gasteiger partial charge is 0.480 e. The molecule has 0 unspecified atom stereocenters. The van der Waals surface area contributed by atoms with Gasteiger partial charge in [-0.2, -0.15) is 0 Å². The van der Waals surface area contributed by atoms with E-state index in [2.05, 4.69) is 24.3 Å². The molecule has 0 spiro atoms. The molecule has 280 valence electrons. The van der Waals surface area contributed by atoms with Crippen molar-refractivity contribution in [3.8, 4) is 0 Å². The third-order valence-corrected chi connectivity index (χ3v) is 10.7. The van der Waals surface area contributed by atoms with Gasteiger partial charge in [-0.25, -0.2) is 9.65 Å². The number of carbonyl (C=O) groups is 2. The van der Waals surface area contributed by atoms with Gasteiger partial charge in [-0.15, -0.1) is 0 Å². The SMILES string of the molecule is CCCCCCCCCCCCCCCCOP(=O)(N[C@@H](C)C(=O)N[C@@H](C)C(=O)O)OCCCCCCCCCCCCCCCC. The van der Waals surface area contributed by atoms with Crippen LogP contribution in [0.4, 0.5) is 0 Å². The Bertz CT molecular complexity index is 730. The molecule has 3 N–H and O–H groups in total. The number of hydrogen-bond acceptors (Lipinski definition) is 5. The Morgan fingerprint density at radius 3 is 1.06 bits per heavy atom. The third-order valence-electron chi connectivity index (χ3n) is 8.99. The monoisotopic (exact) mass is 689 g/mol. The molecule has 47 heavy (non-hydrogen) atoms. The number of amides is 1. The summed E-state index contributed by atoms with van der Waals surface area (Å²) in [6, 6.07) is -1.96. The number of aliphatic carboxylic acids is 1. The van der Waals surface area contributed by atoms with Crippen molar-refractivity contribution in [3.05, 3.63) is 0 Å². The molecule has 0 aliphatic rings. The van der Waals surface area contributed by atoms with Crippen LogP contribution < -0.4 is 10.4 Å². The lowest BCUT2D eigenvalue weighted by Crippen LogP contribution is -2.47. The smallest absolute Gasteiger partial charge is 0.406 e. The van der Waals surface area contributed by atoms with Gasteiger partial charge in [0.1, 0.15) is 6.04 Å². The van der Waals surface area contributed by atoms with Crippen molar-refractivity contribution in [1.29, 1.82) is 0 Å². The molecule has 0 bridgehead atoms. The summed E-state index contributed by atoms with van der Waals surface area (Å²) < 4.78 is 25.1. The first kappa shape index (κ1) is 46.0. The molecular weight excluding hydrogens is 611 g/mol. The molecule has 0 aromatic heterocycles. The van der Waals surface area contributed by atoms with Crippen LogP contribution in [0.2, 0.25) is 0 Å². The summed E-state index contributed by atoms with van der Waals surface area (Å²) in [6.07, 6.45) is 35.2. The number of nitrogens with one attached hydrogen (secondary N) is 2. The fourth-order valence-corrected chi connectivity index (χ4v) is 7.32. The average Bonchev–Trinajstić information content (AvgIpc) is 3.04. The van der Waals surface area contributed by atoms with Gasteiger partial charge >= 0.3 is 13.7 Å². The van der Waals surface area contributed by atoms with E-state index in [1.807, 2.05) is 0 Å². The summed E-state index contributed by atoms with van der Waals surface area (Å²) in [6.45, 7) is 8.04. The van der Waals surface area contributed by atoms with Crippen LogP contribution in [-0.2, 0) is 23.2 Å². The maximum atomic E-state index is 13.6. The Kier molecular flexibility index (Phi) is 32.9. The van der Waals surface area contributed by atoms with E-state index in [0.717, 1.165) is 38.5 Å². The zero-order valence-corrected chi connectivity index (χ0v) is 32.2. The van der Waals surface area contributed by atoms with E-state index >= 15 is 0 Å². The van der Waals surface area contributed by atoms with Gasteiger partial charge in [0.25, 0.3) is 0 Å². The first-order chi connectivity index (χ1) is 22.8. The standard InChI is InChI=1S/C38H77N2O6P/c1-5-7-9-11-13-15-17-19-21-23-25-27-29-31-33-45-47(44,40-35(3)37(41)39-36(4)38(42)43)46-34-32-30-28-26-24-22-20-18-16-14-12-10-8-6-2/h35-36H,5-34H2,1-4H3,(H,39,41)(H,40,44)(H,42,43)/t35-,36-/m0/s1. The maximum absolute atomic E-state index is 13.6. The van der Waals surface area contributed by atoms with Crippen LogP contribution in [0.1, 0.15) is 207 Å². The van der Waals surface area contributed by atoms with Crippen molar-refractivity contribution in [2.75, 3.05) is 13.2 Å². The van der Waals surface area contributed by atoms with Crippen LogP contribution in [-0.4, -0.2) is 42.3 Å². The van der Waals surface area contributed by atoms with Crippen molar-refractivity contribution >= 4 is 19.6 Å². The molecule has 0 saturated heterocycles. The lowest BCUT2D eigenvalue weighted by molar-refractivity contribution is -0.141. The molecule has 9 heteroatoms. The molecule has 1 amide bonds. The summed E-state index contributed by atoms with van der Waals surface area (Å²) in [4.78, 5) is 23.6. The van der Waals surface area contributed by atoms with Crippen LogP contribution in [0.3, 0.4) is 0 Å². The molecule has 0 heterocycles. The Labute approximate surface area is 290 Å². The minimum absolute atomic E-state index is 0.293. The lowest BCUT2D eigenvalue weighted by atomic mass is 10.0. The topological polar surface area (TPSA) is 114 Å². The van der Waals surface area contributed by atoms with Crippen molar-refractivity contribution in [3.63, 3.8) is 0 Å². The van der Waals surface area contributed by atoms with E-state index in [0.29, 0.717) is 13.2 Å². The van der Waals surface area contributed by atoms with Gasteiger partial charge in [0.2, 0.25) is 5.91 Å². The van der Waals surface area contributed by atoms with E-state index in [-0.39, 0.29) is 0 Å². The second kappa shape index (κ2) is 33.5. The number of rotatable bonds is 37. The number of carbonyl (C=O) groups excluding carboxylic acids is 1. The summed E-state index contributed by atoms with van der Waals surface area (Å²) in [5.74, 6) is -1.68. The first-order valence-electron chi connectivity index (χ1n) is 20.0. The van der Waals surface area contributed by atoms with Crippen molar-refractivity contribution in [1.82, 2.24) is 10.4 Å². The Balaban J connectivity index is 4.25. The molecule has 0 saturated carbocycles. The van der Waals surface area contributed by atoms with Gasteiger partial charge in [-0.1, -0.05) is 181 Å². The van der Waals surface area contributed by atoms with Crippen LogP contribution in [0.15, 0.2) is 0 Å².